The van der Waals surface area contributed by atoms with E-state index in [-0.39, 0.29) is 11.8 Å². The summed E-state index contributed by atoms with van der Waals surface area (Å²) in [5.74, 6) is 0.0677. The molecule has 0 bridgehead atoms. The molecule has 1 heterocycles. The second kappa shape index (κ2) is 6.90. The van der Waals surface area contributed by atoms with Crippen LogP contribution in [0.3, 0.4) is 0 Å². The minimum atomic E-state index is 0.0677. The molecule has 0 unspecified atom stereocenters. The smallest absolute Gasteiger partial charge is 0.183 e. The van der Waals surface area contributed by atoms with Gasteiger partial charge in [-0.3, -0.25) is 9.48 Å². The number of aromatic nitrogens is 2. The number of Topliss-reactive ketones (excluding diaryl/α,β-unsaturated/α-hetero) is 1. The third-order valence-corrected chi connectivity index (χ3v) is 3.33. The first kappa shape index (κ1) is 15.2. The van der Waals surface area contributed by atoms with Crippen molar-refractivity contribution < 1.29 is 4.79 Å². The zero-order valence-electron chi connectivity index (χ0n) is 11.6. The van der Waals surface area contributed by atoms with Gasteiger partial charge in [-0.1, -0.05) is 25.4 Å². The quantitative estimate of drug-likeness (QED) is 0.716. The summed E-state index contributed by atoms with van der Waals surface area (Å²) in [6, 6.07) is 0.143. The monoisotopic (exact) mass is 271 g/mol. The number of hydrogen-bond acceptors (Lipinski definition) is 3. The molecule has 18 heavy (non-hydrogen) atoms. The van der Waals surface area contributed by atoms with Crippen LogP contribution >= 0.6 is 11.6 Å². The summed E-state index contributed by atoms with van der Waals surface area (Å²) in [5, 5.41) is 4.61. The van der Waals surface area contributed by atoms with Gasteiger partial charge >= 0.3 is 0 Å². The molecule has 0 radical (unpaired) electrons. The lowest BCUT2D eigenvalue weighted by molar-refractivity contribution is 0.0954. The van der Waals surface area contributed by atoms with E-state index in [0.29, 0.717) is 17.1 Å². The number of nitrogens with zero attached hydrogens (tertiary/aromatic N) is 3. The summed E-state index contributed by atoms with van der Waals surface area (Å²) in [7, 11) is 0. The number of halogens is 1. The van der Waals surface area contributed by atoms with E-state index < -0.39 is 0 Å². The van der Waals surface area contributed by atoms with Crippen LogP contribution in [0, 0.1) is 0 Å². The Hall–Kier alpha value is -0.870. The molecule has 4 nitrogen and oxygen atoms in total. The Bertz CT molecular complexity index is 397. The molecule has 0 aliphatic carbocycles. The highest BCUT2D eigenvalue weighted by Crippen LogP contribution is 2.20. The van der Waals surface area contributed by atoms with Crippen molar-refractivity contribution >= 4 is 17.4 Å². The molecule has 0 spiro atoms. The standard InChI is InChI=1S/C13H22ClN3O/c1-5-16(6-2)8-7-12(18)13-11(14)9-15-17(13)10(3)4/h9-10H,5-8H2,1-4H3. The first-order chi connectivity index (χ1) is 8.51. The summed E-state index contributed by atoms with van der Waals surface area (Å²) in [6.45, 7) is 10.9. The van der Waals surface area contributed by atoms with Crippen molar-refractivity contribution in [3.05, 3.63) is 16.9 Å². The Kier molecular flexibility index (Phi) is 5.82. The number of rotatable bonds is 7. The molecule has 1 aromatic heterocycles. The summed E-state index contributed by atoms with van der Waals surface area (Å²) in [5.41, 5.74) is 0.541. The molecule has 0 amide bonds. The van der Waals surface area contributed by atoms with E-state index in [0.717, 1.165) is 19.6 Å². The van der Waals surface area contributed by atoms with Gasteiger partial charge in [-0.15, -0.1) is 0 Å². The molecule has 102 valence electrons. The molecular formula is C13H22ClN3O. The van der Waals surface area contributed by atoms with E-state index in [2.05, 4.69) is 23.8 Å². The first-order valence-corrected chi connectivity index (χ1v) is 6.87. The largest absolute Gasteiger partial charge is 0.303 e. The van der Waals surface area contributed by atoms with Gasteiger partial charge in [0.15, 0.2) is 5.78 Å². The highest BCUT2D eigenvalue weighted by Gasteiger charge is 2.19. The fourth-order valence-corrected chi connectivity index (χ4v) is 2.15. The number of carbonyl (C=O) groups excluding carboxylic acids is 1. The van der Waals surface area contributed by atoms with Gasteiger partial charge in [-0.2, -0.15) is 5.10 Å². The third kappa shape index (κ3) is 3.56. The van der Waals surface area contributed by atoms with Crippen LogP contribution in [-0.4, -0.2) is 40.1 Å². The van der Waals surface area contributed by atoms with Crippen molar-refractivity contribution in [2.45, 2.75) is 40.2 Å². The summed E-state index contributed by atoms with van der Waals surface area (Å²) in [4.78, 5) is 14.4. The van der Waals surface area contributed by atoms with Crippen LogP contribution in [0.1, 0.15) is 50.6 Å². The van der Waals surface area contributed by atoms with Crippen molar-refractivity contribution in [3.8, 4) is 0 Å². The molecule has 0 fully saturated rings. The zero-order chi connectivity index (χ0) is 13.7. The molecule has 0 atom stereocenters. The first-order valence-electron chi connectivity index (χ1n) is 6.49. The van der Waals surface area contributed by atoms with Crippen molar-refractivity contribution in [2.24, 2.45) is 0 Å². The molecule has 0 saturated carbocycles. The van der Waals surface area contributed by atoms with Crippen molar-refractivity contribution in [2.75, 3.05) is 19.6 Å². The highest BCUT2D eigenvalue weighted by molar-refractivity contribution is 6.33. The lowest BCUT2D eigenvalue weighted by Crippen LogP contribution is -2.26. The van der Waals surface area contributed by atoms with Crippen LogP contribution in [0.15, 0.2) is 6.20 Å². The fraction of sp³-hybridized carbons (Fsp3) is 0.692. The van der Waals surface area contributed by atoms with E-state index in [9.17, 15) is 4.79 Å². The van der Waals surface area contributed by atoms with Gasteiger partial charge in [0, 0.05) is 19.0 Å². The van der Waals surface area contributed by atoms with Gasteiger partial charge in [0.1, 0.15) is 5.69 Å². The maximum Gasteiger partial charge on any atom is 0.183 e. The molecule has 1 aromatic rings. The topological polar surface area (TPSA) is 38.1 Å². The van der Waals surface area contributed by atoms with E-state index in [4.69, 9.17) is 11.6 Å². The van der Waals surface area contributed by atoms with Crippen molar-refractivity contribution in [3.63, 3.8) is 0 Å². The molecule has 0 saturated heterocycles. The van der Waals surface area contributed by atoms with Crippen molar-refractivity contribution in [1.82, 2.24) is 14.7 Å². The fourth-order valence-electron chi connectivity index (χ4n) is 1.91. The third-order valence-electron chi connectivity index (χ3n) is 3.05. The summed E-state index contributed by atoms with van der Waals surface area (Å²) < 4.78 is 1.70. The number of hydrogen-bond donors (Lipinski definition) is 0. The molecule has 5 heteroatoms. The summed E-state index contributed by atoms with van der Waals surface area (Å²) >= 11 is 6.05. The summed E-state index contributed by atoms with van der Waals surface area (Å²) in [6.07, 6.45) is 2.03. The Morgan fingerprint density at radius 3 is 2.56 bits per heavy atom. The van der Waals surface area contributed by atoms with Gasteiger partial charge < -0.3 is 4.90 Å². The zero-order valence-corrected chi connectivity index (χ0v) is 12.4. The van der Waals surface area contributed by atoms with Gasteiger partial charge in [-0.05, 0) is 26.9 Å². The second-order valence-corrected chi connectivity index (χ2v) is 4.99. The lowest BCUT2D eigenvalue weighted by atomic mass is 10.2. The highest BCUT2D eigenvalue weighted by atomic mass is 35.5. The van der Waals surface area contributed by atoms with Gasteiger partial charge in [0.05, 0.1) is 11.2 Å². The minimum absolute atomic E-state index is 0.0677. The molecule has 1 rings (SSSR count). The Morgan fingerprint density at radius 2 is 2.06 bits per heavy atom. The minimum Gasteiger partial charge on any atom is -0.303 e. The molecule has 0 aliphatic rings. The van der Waals surface area contributed by atoms with E-state index in [1.165, 1.54) is 0 Å². The molecule has 0 aliphatic heterocycles. The van der Waals surface area contributed by atoms with Crippen LogP contribution < -0.4 is 0 Å². The van der Waals surface area contributed by atoms with Gasteiger partial charge in [0.25, 0.3) is 0 Å². The Morgan fingerprint density at radius 1 is 1.44 bits per heavy atom. The van der Waals surface area contributed by atoms with Crippen LogP contribution in [0.5, 0.6) is 0 Å². The molecule has 0 N–H and O–H groups in total. The van der Waals surface area contributed by atoms with Gasteiger partial charge in [-0.25, -0.2) is 0 Å². The second-order valence-electron chi connectivity index (χ2n) is 4.58. The molecular weight excluding hydrogens is 250 g/mol. The van der Waals surface area contributed by atoms with Crippen LogP contribution in [-0.2, 0) is 0 Å². The molecule has 0 aromatic carbocycles. The lowest BCUT2D eigenvalue weighted by Gasteiger charge is -2.17. The predicted molar refractivity (Wildman–Crippen MR) is 74.4 cm³/mol. The SMILES string of the molecule is CCN(CC)CCC(=O)c1c(Cl)cnn1C(C)C. The van der Waals surface area contributed by atoms with E-state index in [1.807, 2.05) is 13.8 Å². The van der Waals surface area contributed by atoms with E-state index in [1.54, 1.807) is 10.9 Å². The Labute approximate surface area is 114 Å². The van der Waals surface area contributed by atoms with Crippen LogP contribution in [0.25, 0.3) is 0 Å². The predicted octanol–water partition coefficient (Wildman–Crippen LogP) is 3.03. The van der Waals surface area contributed by atoms with Crippen LogP contribution in [0.4, 0.5) is 0 Å². The van der Waals surface area contributed by atoms with Crippen molar-refractivity contribution in [1.29, 1.82) is 0 Å². The average Bonchev–Trinajstić information content (AvgIpc) is 2.72. The van der Waals surface area contributed by atoms with Crippen LogP contribution in [0.2, 0.25) is 5.02 Å². The average molecular weight is 272 g/mol. The van der Waals surface area contributed by atoms with Gasteiger partial charge in [0.2, 0.25) is 0 Å². The van der Waals surface area contributed by atoms with E-state index >= 15 is 0 Å². The number of ketones is 1. The Balaban J connectivity index is 2.75. The maximum absolute atomic E-state index is 12.2. The number of carbonyl (C=O) groups is 1. The normalized spacial score (nSPS) is 11.5. The maximum atomic E-state index is 12.2.